The molecule has 88 valence electrons. The van der Waals surface area contributed by atoms with E-state index in [1.807, 2.05) is 0 Å². The maximum absolute atomic E-state index is 11.0. The fraction of sp³-hybridized carbons (Fsp3) is 0.750. The number of nitrogens with zero attached hydrogens (tertiary/aromatic N) is 4. The Balaban J connectivity index is 1.99. The van der Waals surface area contributed by atoms with Crippen LogP contribution in [-0.4, -0.2) is 37.4 Å². The normalized spacial score (nSPS) is 19.4. The average molecular weight is 242 g/mol. The summed E-state index contributed by atoms with van der Waals surface area (Å²) >= 11 is 1.36. The summed E-state index contributed by atoms with van der Waals surface area (Å²) in [6.45, 7) is 1.60. The predicted octanol–water partition coefficient (Wildman–Crippen LogP) is -0.697. The summed E-state index contributed by atoms with van der Waals surface area (Å²) in [5.41, 5.74) is 9.89. The Hall–Kier alpha value is -1.15. The molecule has 8 heteroatoms. The van der Waals surface area contributed by atoms with Gasteiger partial charge in [0.25, 0.3) is 0 Å². The highest BCUT2D eigenvalue weighted by Gasteiger charge is 2.30. The molecule has 0 saturated heterocycles. The molecule has 0 spiro atoms. The number of rotatable bonds is 5. The molecule has 1 aromatic heterocycles. The first kappa shape index (κ1) is 11.3. The fourth-order valence-corrected chi connectivity index (χ4v) is 2.10. The summed E-state index contributed by atoms with van der Waals surface area (Å²) in [4.78, 5) is 11.0. The van der Waals surface area contributed by atoms with Crippen LogP contribution in [0.15, 0.2) is 5.16 Å². The van der Waals surface area contributed by atoms with Gasteiger partial charge >= 0.3 is 0 Å². The second kappa shape index (κ2) is 4.02. The highest BCUT2D eigenvalue weighted by atomic mass is 32.2. The minimum Gasteiger partial charge on any atom is -0.368 e. The van der Waals surface area contributed by atoms with Gasteiger partial charge in [0.2, 0.25) is 11.1 Å². The molecular weight excluding hydrogens is 228 g/mol. The minimum absolute atomic E-state index is 0.370. The number of amides is 1. The predicted molar refractivity (Wildman–Crippen MR) is 58.6 cm³/mol. The molecular formula is C8H14N6OS. The zero-order valence-electron chi connectivity index (χ0n) is 8.96. The Morgan fingerprint density at radius 1 is 1.69 bits per heavy atom. The highest BCUT2D eigenvalue weighted by molar-refractivity contribution is 7.99. The van der Waals surface area contributed by atoms with Crippen molar-refractivity contribution in [3.05, 3.63) is 0 Å². The van der Waals surface area contributed by atoms with Crippen LogP contribution >= 0.6 is 11.8 Å². The van der Waals surface area contributed by atoms with Gasteiger partial charge in [-0.3, -0.25) is 4.79 Å². The Kier molecular flexibility index (Phi) is 2.85. The van der Waals surface area contributed by atoms with Crippen LogP contribution in [0, 0.1) is 0 Å². The van der Waals surface area contributed by atoms with Gasteiger partial charge in [0, 0.05) is 5.75 Å². The topological polar surface area (TPSA) is 113 Å². The lowest BCUT2D eigenvalue weighted by molar-refractivity contribution is -0.121. The molecule has 4 N–H and O–H groups in total. The molecule has 0 bridgehead atoms. The van der Waals surface area contributed by atoms with E-state index in [1.54, 1.807) is 11.6 Å². The summed E-state index contributed by atoms with van der Waals surface area (Å²) in [5, 5.41) is 12.1. The van der Waals surface area contributed by atoms with Gasteiger partial charge in [-0.15, -0.1) is 5.10 Å². The quantitative estimate of drug-likeness (QED) is 0.660. The first-order valence-electron chi connectivity index (χ1n) is 5.00. The van der Waals surface area contributed by atoms with Crippen LogP contribution in [0.5, 0.6) is 0 Å². The van der Waals surface area contributed by atoms with Crippen LogP contribution in [0.1, 0.15) is 25.8 Å². The van der Waals surface area contributed by atoms with E-state index in [0.29, 0.717) is 17.0 Å². The van der Waals surface area contributed by atoms with Crippen LogP contribution in [0.4, 0.5) is 0 Å². The summed E-state index contributed by atoms with van der Waals surface area (Å²) < 4.78 is 1.78. The van der Waals surface area contributed by atoms with Gasteiger partial charge in [-0.2, -0.15) is 0 Å². The number of carbonyl (C=O) groups excluding carboxylic acids is 1. The van der Waals surface area contributed by atoms with Crippen LogP contribution < -0.4 is 11.5 Å². The Labute approximate surface area is 96.9 Å². The van der Waals surface area contributed by atoms with Crippen LogP contribution in [0.2, 0.25) is 0 Å². The van der Waals surface area contributed by atoms with Crippen molar-refractivity contribution in [1.29, 1.82) is 0 Å². The molecule has 1 saturated carbocycles. The largest absolute Gasteiger partial charge is 0.368 e. The van der Waals surface area contributed by atoms with Gasteiger partial charge < -0.3 is 11.5 Å². The molecule has 1 amide bonds. The third kappa shape index (κ3) is 2.33. The SMILES string of the molecule is CC(N)(CSc1nnnn1C1CC1)C(N)=O. The first-order chi connectivity index (χ1) is 7.50. The molecule has 1 heterocycles. The summed E-state index contributed by atoms with van der Waals surface area (Å²) in [6, 6.07) is 0.412. The third-order valence-corrected chi connectivity index (χ3v) is 3.69. The highest BCUT2D eigenvalue weighted by Crippen LogP contribution is 2.36. The third-order valence-electron chi connectivity index (χ3n) is 2.42. The number of hydrogen-bond donors (Lipinski definition) is 2. The van der Waals surface area contributed by atoms with Crippen molar-refractivity contribution in [1.82, 2.24) is 20.2 Å². The Bertz CT molecular complexity index is 399. The molecule has 0 radical (unpaired) electrons. The van der Waals surface area contributed by atoms with E-state index in [4.69, 9.17) is 11.5 Å². The maximum atomic E-state index is 11.0. The van der Waals surface area contributed by atoms with Crippen LogP contribution in [0.25, 0.3) is 0 Å². The molecule has 1 aliphatic rings. The molecule has 0 aliphatic heterocycles. The van der Waals surface area contributed by atoms with Crippen molar-refractivity contribution in [2.45, 2.75) is 36.5 Å². The Morgan fingerprint density at radius 3 is 2.94 bits per heavy atom. The number of hydrogen-bond acceptors (Lipinski definition) is 6. The molecule has 1 aromatic rings. The summed E-state index contributed by atoms with van der Waals surface area (Å²) in [6.07, 6.45) is 2.21. The number of tetrazole rings is 1. The minimum atomic E-state index is -1.04. The zero-order chi connectivity index (χ0) is 11.8. The monoisotopic (exact) mass is 242 g/mol. The maximum Gasteiger partial charge on any atom is 0.238 e. The van der Waals surface area contributed by atoms with Gasteiger partial charge in [-0.25, -0.2) is 4.68 Å². The van der Waals surface area contributed by atoms with Gasteiger partial charge in [0.05, 0.1) is 6.04 Å². The smallest absolute Gasteiger partial charge is 0.238 e. The fourth-order valence-electron chi connectivity index (χ4n) is 1.11. The van der Waals surface area contributed by atoms with Crippen molar-refractivity contribution < 1.29 is 4.79 Å². The van der Waals surface area contributed by atoms with E-state index in [-0.39, 0.29) is 0 Å². The molecule has 2 rings (SSSR count). The number of nitrogens with two attached hydrogens (primary N) is 2. The number of carbonyl (C=O) groups is 1. The molecule has 16 heavy (non-hydrogen) atoms. The molecule has 1 atom stereocenters. The van der Waals surface area contributed by atoms with Gasteiger partial charge in [0.1, 0.15) is 5.54 Å². The molecule has 0 aromatic carbocycles. The van der Waals surface area contributed by atoms with E-state index in [1.165, 1.54) is 11.8 Å². The lowest BCUT2D eigenvalue weighted by atomic mass is 10.1. The average Bonchev–Trinajstić information content (AvgIpc) is 2.95. The van der Waals surface area contributed by atoms with Crippen molar-refractivity contribution in [2.24, 2.45) is 11.5 Å². The lowest BCUT2D eigenvalue weighted by Gasteiger charge is -2.18. The van der Waals surface area contributed by atoms with Crippen LogP contribution in [-0.2, 0) is 4.79 Å². The molecule has 1 unspecified atom stereocenters. The van der Waals surface area contributed by atoms with E-state index in [9.17, 15) is 4.79 Å². The standard InChI is InChI=1S/C8H14N6OS/c1-8(10,6(9)15)4-16-7-11-12-13-14(7)5-2-3-5/h5H,2-4,10H2,1H3,(H2,9,15). The summed E-state index contributed by atoms with van der Waals surface area (Å²) in [5.74, 6) is -0.152. The second-order valence-corrected chi connectivity index (χ2v) is 5.15. The number of primary amides is 1. The Morgan fingerprint density at radius 2 is 2.38 bits per heavy atom. The van der Waals surface area contributed by atoms with Crippen molar-refractivity contribution >= 4 is 17.7 Å². The molecule has 1 aliphatic carbocycles. The lowest BCUT2D eigenvalue weighted by Crippen LogP contribution is -2.51. The van der Waals surface area contributed by atoms with E-state index in [0.717, 1.165) is 12.8 Å². The zero-order valence-corrected chi connectivity index (χ0v) is 9.78. The summed E-state index contributed by atoms with van der Waals surface area (Å²) in [7, 11) is 0. The van der Waals surface area contributed by atoms with Crippen molar-refractivity contribution in [3.8, 4) is 0 Å². The number of thioether (sulfide) groups is 1. The van der Waals surface area contributed by atoms with E-state index < -0.39 is 11.4 Å². The molecule has 7 nitrogen and oxygen atoms in total. The van der Waals surface area contributed by atoms with E-state index >= 15 is 0 Å². The molecule has 1 fully saturated rings. The number of aromatic nitrogens is 4. The first-order valence-corrected chi connectivity index (χ1v) is 5.99. The van der Waals surface area contributed by atoms with Gasteiger partial charge in [0.15, 0.2) is 0 Å². The van der Waals surface area contributed by atoms with Crippen molar-refractivity contribution in [3.63, 3.8) is 0 Å². The van der Waals surface area contributed by atoms with Crippen molar-refractivity contribution in [2.75, 3.05) is 5.75 Å². The second-order valence-electron chi connectivity index (χ2n) is 4.21. The van der Waals surface area contributed by atoms with Gasteiger partial charge in [-0.1, -0.05) is 11.8 Å². The van der Waals surface area contributed by atoms with Crippen LogP contribution in [0.3, 0.4) is 0 Å². The van der Waals surface area contributed by atoms with E-state index in [2.05, 4.69) is 15.5 Å². The van der Waals surface area contributed by atoms with Gasteiger partial charge in [-0.05, 0) is 30.2 Å².